The largest absolute Gasteiger partial charge is 1.00 e. The summed E-state index contributed by atoms with van der Waals surface area (Å²) in [6, 6.07) is 18.5. The van der Waals surface area contributed by atoms with Gasteiger partial charge >= 0.3 is 1.43 Å². The van der Waals surface area contributed by atoms with Crippen molar-refractivity contribution in [1.82, 2.24) is 0 Å². The molecule has 1 aliphatic rings. The fourth-order valence-corrected chi connectivity index (χ4v) is 4.87. The Labute approximate surface area is 240 Å². The first-order valence-corrected chi connectivity index (χ1v) is 13.8. The predicted molar refractivity (Wildman–Crippen MR) is 153 cm³/mol. The molecule has 0 aliphatic carbocycles. The molecule has 1 aliphatic heterocycles. The lowest BCUT2D eigenvalue weighted by molar-refractivity contribution is -0.687. The van der Waals surface area contributed by atoms with Crippen molar-refractivity contribution >= 4 is 33.3 Å². The Morgan fingerprint density at radius 1 is 0.756 bits per heavy atom. The minimum Gasteiger partial charge on any atom is -0.759 e. The van der Waals surface area contributed by atoms with Gasteiger partial charge in [0.25, 0.3) is 0 Å². The van der Waals surface area contributed by atoms with Gasteiger partial charge in [0.15, 0.2) is 29.5 Å². The Morgan fingerprint density at radius 3 is 1.90 bits per heavy atom. The topological polar surface area (TPSA) is 130 Å². The number of aryl methyl sites for hydroxylation is 1. The Bertz CT molecular complexity index is 1700. The average Bonchev–Trinajstić information content (AvgIpc) is 2.97. The van der Waals surface area contributed by atoms with Crippen LogP contribution in [0, 0.1) is 0 Å². The van der Waals surface area contributed by atoms with Crippen LogP contribution >= 0.6 is 0 Å². The summed E-state index contributed by atoms with van der Waals surface area (Å²) in [5, 5.41) is 2.15. The highest BCUT2D eigenvalue weighted by atomic mass is 32.3. The van der Waals surface area contributed by atoms with E-state index in [0.717, 1.165) is 57.8 Å². The lowest BCUT2D eigenvalue weighted by Crippen LogP contribution is -2.43. The molecule has 5 rings (SSSR count). The summed E-state index contributed by atoms with van der Waals surface area (Å²) in [5.41, 5.74) is 5.67. The standard InChI is InChI=1S/C30H30NO5.H2O4S/c1-32-22-9-6-19(7-10-22)8-11-25-24-18-30(36-5)28(34-3)16-21(24)14-26-23-17-29(35-4)27(33-2)15-20(23)12-13-31(25)26;1-5(2,3)4/h6-11,14-18H,12-13H2,1-5H3;(H2,1,2,3,4)/q+1;/p-1/b11-8+;. The van der Waals surface area contributed by atoms with Crippen LogP contribution in [0.2, 0.25) is 0 Å². The third-order valence-electron chi connectivity index (χ3n) is 6.75. The second kappa shape index (κ2) is 12.5. The fraction of sp³-hybridized carbons (Fsp3) is 0.233. The molecule has 0 spiro atoms. The molecule has 2 heterocycles. The zero-order chi connectivity index (χ0) is 29.7. The lowest BCUT2D eigenvalue weighted by Gasteiger charge is -2.20. The summed E-state index contributed by atoms with van der Waals surface area (Å²) in [6.07, 6.45) is 5.18. The Morgan fingerprint density at radius 2 is 1.32 bits per heavy atom. The van der Waals surface area contributed by atoms with Gasteiger partial charge in [-0.3, -0.25) is 8.42 Å². The van der Waals surface area contributed by atoms with Gasteiger partial charge in [-0.15, -0.1) is 0 Å². The van der Waals surface area contributed by atoms with Crippen LogP contribution in [0.3, 0.4) is 0 Å². The van der Waals surface area contributed by atoms with E-state index in [9.17, 15) is 0 Å². The van der Waals surface area contributed by atoms with Gasteiger partial charge in [0.1, 0.15) is 5.75 Å². The number of ether oxygens (including phenoxy) is 5. The third-order valence-corrected chi connectivity index (χ3v) is 6.75. The molecule has 0 radical (unpaired) electrons. The molecule has 3 aromatic carbocycles. The Hall–Kier alpha value is -4.32. The molecule has 4 aromatic rings. The maximum atomic E-state index is 8.52. The van der Waals surface area contributed by atoms with Crippen LogP contribution in [0.4, 0.5) is 0 Å². The fourth-order valence-electron chi connectivity index (χ4n) is 4.87. The first kappa shape index (κ1) is 29.7. The maximum Gasteiger partial charge on any atom is 1.00 e. The number of nitrogens with zero attached hydrogens (tertiary/aromatic N) is 1. The number of pyridine rings is 1. The van der Waals surface area contributed by atoms with Crippen molar-refractivity contribution in [3.63, 3.8) is 0 Å². The Balaban J connectivity index is 0.000000745. The van der Waals surface area contributed by atoms with Crippen molar-refractivity contribution < 1.29 is 47.2 Å². The van der Waals surface area contributed by atoms with Crippen molar-refractivity contribution in [3.05, 3.63) is 71.4 Å². The zero-order valence-electron chi connectivity index (χ0n) is 24.3. The molecule has 0 saturated carbocycles. The van der Waals surface area contributed by atoms with E-state index in [4.69, 9.17) is 41.2 Å². The highest BCUT2D eigenvalue weighted by molar-refractivity contribution is 7.79. The minimum absolute atomic E-state index is 0. The highest BCUT2D eigenvalue weighted by Gasteiger charge is 2.29. The van der Waals surface area contributed by atoms with Crippen molar-refractivity contribution in [2.75, 3.05) is 35.5 Å². The van der Waals surface area contributed by atoms with Crippen LogP contribution in [0.15, 0.2) is 54.6 Å². The first-order valence-electron chi connectivity index (χ1n) is 12.5. The number of methoxy groups -OCH3 is 5. The van der Waals surface area contributed by atoms with E-state index < -0.39 is 10.4 Å². The molecule has 0 saturated heterocycles. The number of aromatic nitrogens is 1. The van der Waals surface area contributed by atoms with Crippen LogP contribution in [0.5, 0.6) is 28.7 Å². The van der Waals surface area contributed by atoms with Crippen LogP contribution in [-0.4, -0.2) is 53.1 Å². The summed E-state index contributed by atoms with van der Waals surface area (Å²) >= 11 is 0. The van der Waals surface area contributed by atoms with Gasteiger partial charge in [-0.25, -0.2) is 0 Å². The molecule has 10 nitrogen and oxygen atoms in total. The zero-order valence-corrected chi connectivity index (χ0v) is 24.1. The number of rotatable bonds is 7. The summed E-state index contributed by atoms with van der Waals surface area (Å²) in [7, 11) is 3.17. The lowest BCUT2D eigenvalue weighted by atomic mass is 9.93. The van der Waals surface area contributed by atoms with Gasteiger partial charge in [-0.1, -0.05) is 12.1 Å². The van der Waals surface area contributed by atoms with E-state index in [-0.39, 0.29) is 1.43 Å². The predicted octanol–water partition coefficient (Wildman–Crippen LogP) is 4.34. The molecule has 0 fully saturated rings. The van der Waals surface area contributed by atoms with Crippen LogP contribution in [-0.2, 0) is 23.4 Å². The normalized spacial score (nSPS) is 12.2. The maximum absolute atomic E-state index is 8.52. The molecule has 41 heavy (non-hydrogen) atoms. The smallest absolute Gasteiger partial charge is 0.759 e. The van der Waals surface area contributed by atoms with Crippen molar-refractivity contribution in [1.29, 1.82) is 0 Å². The molecule has 11 heteroatoms. The van der Waals surface area contributed by atoms with Crippen molar-refractivity contribution in [2.45, 2.75) is 13.0 Å². The highest BCUT2D eigenvalue weighted by Crippen LogP contribution is 2.40. The molecule has 0 amide bonds. The van der Waals surface area contributed by atoms with E-state index in [1.165, 1.54) is 5.56 Å². The summed E-state index contributed by atoms with van der Waals surface area (Å²) in [5.74, 6) is 3.70. The van der Waals surface area contributed by atoms with Gasteiger partial charge in [0, 0.05) is 29.0 Å². The Kier molecular flexibility index (Phi) is 9.01. The molecular weight excluding hydrogens is 550 g/mol. The first-order chi connectivity index (χ1) is 19.6. The van der Waals surface area contributed by atoms with E-state index >= 15 is 0 Å². The number of benzene rings is 3. The van der Waals surface area contributed by atoms with Gasteiger partial charge in [-0.05, 0) is 59.0 Å². The molecule has 0 bridgehead atoms. The third kappa shape index (κ3) is 6.71. The van der Waals surface area contributed by atoms with Crippen molar-refractivity contribution in [2.24, 2.45) is 0 Å². The quantitative estimate of drug-likeness (QED) is 0.178. The number of hydrogen-bond acceptors (Lipinski definition) is 9. The minimum atomic E-state index is -5.17. The van der Waals surface area contributed by atoms with Crippen LogP contribution in [0.1, 0.15) is 18.2 Å². The monoisotopic (exact) mass is 581 g/mol. The summed E-state index contributed by atoms with van der Waals surface area (Å²) in [4.78, 5) is 0. The molecule has 0 N–H and O–H groups in total. The average molecular weight is 582 g/mol. The summed E-state index contributed by atoms with van der Waals surface area (Å²) < 4.78 is 64.2. The van der Waals surface area contributed by atoms with E-state index in [0.29, 0.717) is 17.2 Å². The van der Waals surface area contributed by atoms with Gasteiger partial charge in [-0.2, -0.15) is 4.57 Å². The second-order valence-electron chi connectivity index (χ2n) is 8.99. The number of fused-ring (bicyclic) bond motifs is 4. The van der Waals surface area contributed by atoms with Crippen LogP contribution < -0.4 is 28.3 Å². The van der Waals surface area contributed by atoms with E-state index in [1.807, 2.05) is 30.3 Å². The van der Waals surface area contributed by atoms with E-state index in [2.05, 4.69) is 41.0 Å². The summed E-state index contributed by atoms with van der Waals surface area (Å²) in [6.45, 7) is 0.838. The number of hydrogen-bond donors (Lipinski definition) is 0. The molecule has 1 aromatic heterocycles. The van der Waals surface area contributed by atoms with Crippen molar-refractivity contribution in [3.8, 4) is 40.0 Å². The van der Waals surface area contributed by atoms with Gasteiger partial charge in [0.05, 0.1) is 46.5 Å². The SMILES string of the molecule is COc1ccc(/C=C/c2c3cc(OC)c(OC)cc3cc3[n+]2CCc2cc(OC)c(OC)cc2-3)cc1.O=S(=O)([O-])[O-].[H+]. The van der Waals surface area contributed by atoms with Crippen LogP contribution in [0.25, 0.3) is 34.2 Å². The van der Waals surface area contributed by atoms with Gasteiger partial charge < -0.3 is 32.8 Å². The van der Waals surface area contributed by atoms with E-state index in [1.54, 1.807) is 35.5 Å². The molecule has 0 unspecified atom stereocenters. The molecule has 216 valence electrons. The van der Waals surface area contributed by atoms with Gasteiger partial charge in [0.2, 0.25) is 11.4 Å². The molecular formula is C30H31NO9S. The molecule has 0 atom stereocenters. The second-order valence-corrected chi connectivity index (χ2v) is 9.81.